The molecule has 0 fully saturated rings. The fourth-order valence-corrected chi connectivity index (χ4v) is 3.00. The number of nitrogens with zero attached hydrogens (tertiary/aromatic N) is 2. The van der Waals surface area contributed by atoms with Gasteiger partial charge in [0.25, 0.3) is 5.91 Å². The summed E-state index contributed by atoms with van der Waals surface area (Å²) in [6.45, 7) is 3.25. The number of aromatic nitrogens is 1. The van der Waals surface area contributed by atoms with Gasteiger partial charge >= 0.3 is 5.97 Å². The first kappa shape index (κ1) is 20.6. The number of benzene rings is 2. The van der Waals surface area contributed by atoms with Crippen molar-refractivity contribution in [2.24, 2.45) is 0 Å². The van der Waals surface area contributed by atoms with Gasteiger partial charge in [-0.1, -0.05) is 11.6 Å². The number of esters is 1. The summed E-state index contributed by atoms with van der Waals surface area (Å²) in [5, 5.41) is 4.03. The average Bonchev–Trinajstić information content (AvgIpc) is 2.68. The van der Waals surface area contributed by atoms with Crippen LogP contribution in [0.4, 0.5) is 11.4 Å². The Kier molecular flexibility index (Phi) is 6.03. The normalized spacial score (nSPS) is 11.8. The lowest BCUT2D eigenvalue weighted by Gasteiger charge is -2.16. The molecule has 0 aliphatic rings. The summed E-state index contributed by atoms with van der Waals surface area (Å²) in [4.78, 5) is 31.4. The Balaban J connectivity index is 1.70. The van der Waals surface area contributed by atoms with Gasteiger partial charge in [-0.2, -0.15) is 0 Å². The molecule has 0 saturated heterocycles. The number of amides is 1. The molecule has 0 radical (unpaired) electrons. The minimum absolute atomic E-state index is 0.301. The molecule has 0 aliphatic carbocycles. The number of hydrogen-bond donors (Lipinski definition) is 1. The Hall–Kier alpha value is -3.12. The van der Waals surface area contributed by atoms with Crippen LogP contribution in [0, 0.1) is 6.92 Å². The third-order valence-electron chi connectivity index (χ3n) is 4.49. The molecule has 1 atom stereocenters. The van der Waals surface area contributed by atoms with Crippen molar-refractivity contribution in [3.8, 4) is 0 Å². The van der Waals surface area contributed by atoms with E-state index in [9.17, 15) is 9.59 Å². The summed E-state index contributed by atoms with van der Waals surface area (Å²) in [6, 6.07) is 14.3. The molecule has 3 aromatic rings. The van der Waals surface area contributed by atoms with Gasteiger partial charge < -0.3 is 15.0 Å². The Bertz CT molecular complexity index is 1060. The molecule has 1 heterocycles. The van der Waals surface area contributed by atoms with Gasteiger partial charge in [0.2, 0.25) is 0 Å². The number of anilines is 2. The number of rotatable bonds is 5. The highest BCUT2D eigenvalue weighted by Crippen LogP contribution is 2.22. The van der Waals surface area contributed by atoms with Crippen LogP contribution < -0.4 is 10.2 Å². The molecule has 3 rings (SSSR count). The van der Waals surface area contributed by atoms with E-state index in [1.54, 1.807) is 43.3 Å². The van der Waals surface area contributed by atoms with Gasteiger partial charge in [0.1, 0.15) is 0 Å². The molecule has 1 N–H and O–H groups in total. The SMILES string of the molecule is Cc1nc2ccc(Cl)cc2cc1C(=O)OC(C)C(=O)Nc1ccc(N(C)C)cc1. The number of fused-ring (bicyclic) bond motifs is 1. The van der Waals surface area contributed by atoms with E-state index in [4.69, 9.17) is 16.3 Å². The smallest absolute Gasteiger partial charge is 0.340 e. The summed E-state index contributed by atoms with van der Waals surface area (Å²) < 4.78 is 5.36. The highest BCUT2D eigenvalue weighted by atomic mass is 35.5. The van der Waals surface area contributed by atoms with Crippen LogP contribution in [0.2, 0.25) is 5.02 Å². The lowest BCUT2D eigenvalue weighted by Crippen LogP contribution is -2.30. The van der Waals surface area contributed by atoms with E-state index in [1.807, 2.05) is 31.1 Å². The molecule has 150 valence electrons. The topological polar surface area (TPSA) is 71.5 Å². The number of ether oxygens (including phenoxy) is 1. The van der Waals surface area contributed by atoms with E-state index < -0.39 is 18.0 Å². The number of pyridine rings is 1. The van der Waals surface area contributed by atoms with Crippen molar-refractivity contribution >= 4 is 45.8 Å². The average molecular weight is 412 g/mol. The maximum absolute atomic E-state index is 12.6. The van der Waals surface area contributed by atoms with Crippen molar-refractivity contribution in [2.45, 2.75) is 20.0 Å². The Morgan fingerprint density at radius 2 is 1.79 bits per heavy atom. The predicted octanol–water partition coefficient (Wildman–Crippen LogP) is 4.45. The van der Waals surface area contributed by atoms with Crippen molar-refractivity contribution < 1.29 is 14.3 Å². The standard InChI is InChI=1S/C22H22ClN3O3/c1-13-19(12-15-11-16(23)5-10-20(15)24-13)22(28)29-14(2)21(27)25-17-6-8-18(9-7-17)26(3)4/h5-12,14H,1-4H3,(H,25,27). The molecule has 0 saturated carbocycles. The third-order valence-corrected chi connectivity index (χ3v) is 4.73. The van der Waals surface area contributed by atoms with Crippen LogP contribution in [0.1, 0.15) is 23.0 Å². The largest absolute Gasteiger partial charge is 0.449 e. The second kappa shape index (κ2) is 8.49. The minimum atomic E-state index is -0.967. The molecule has 0 bridgehead atoms. The maximum Gasteiger partial charge on any atom is 0.340 e. The number of halogens is 1. The van der Waals surface area contributed by atoms with Crippen LogP contribution in [0.5, 0.6) is 0 Å². The number of carbonyl (C=O) groups is 2. The van der Waals surface area contributed by atoms with E-state index in [0.717, 1.165) is 16.6 Å². The quantitative estimate of drug-likeness (QED) is 0.628. The number of aryl methyl sites for hydroxylation is 1. The molecular weight excluding hydrogens is 390 g/mol. The second-order valence-corrected chi connectivity index (χ2v) is 7.37. The van der Waals surface area contributed by atoms with Crippen LogP contribution in [0.25, 0.3) is 10.9 Å². The monoisotopic (exact) mass is 411 g/mol. The molecule has 1 unspecified atom stereocenters. The zero-order chi connectivity index (χ0) is 21.1. The van der Waals surface area contributed by atoms with Gasteiger partial charge in [-0.25, -0.2) is 4.79 Å². The van der Waals surface area contributed by atoms with Crippen molar-refractivity contribution in [3.63, 3.8) is 0 Å². The molecule has 1 amide bonds. The predicted molar refractivity (Wildman–Crippen MR) is 116 cm³/mol. The molecular formula is C22H22ClN3O3. The van der Waals surface area contributed by atoms with Crippen LogP contribution in [-0.4, -0.2) is 37.1 Å². The van der Waals surface area contributed by atoms with Crippen LogP contribution in [0.3, 0.4) is 0 Å². The van der Waals surface area contributed by atoms with Gasteiger partial charge in [0.05, 0.1) is 16.8 Å². The van der Waals surface area contributed by atoms with Crippen LogP contribution in [0.15, 0.2) is 48.5 Å². The molecule has 2 aromatic carbocycles. The zero-order valence-corrected chi connectivity index (χ0v) is 17.4. The lowest BCUT2D eigenvalue weighted by molar-refractivity contribution is -0.123. The van der Waals surface area contributed by atoms with Crippen LogP contribution in [-0.2, 0) is 9.53 Å². The molecule has 29 heavy (non-hydrogen) atoms. The molecule has 6 nitrogen and oxygen atoms in total. The summed E-state index contributed by atoms with van der Waals surface area (Å²) in [5.41, 5.74) is 3.20. The first-order chi connectivity index (χ1) is 13.7. The van der Waals surface area contributed by atoms with E-state index in [-0.39, 0.29) is 0 Å². The first-order valence-electron chi connectivity index (χ1n) is 9.11. The van der Waals surface area contributed by atoms with Gasteiger partial charge in [0, 0.05) is 35.9 Å². The lowest BCUT2D eigenvalue weighted by atomic mass is 10.1. The summed E-state index contributed by atoms with van der Waals surface area (Å²) >= 11 is 6.02. The number of hydrogen-bond acceptors (Lipinski definition) is 5. The van der Waals surface area contributed by atoms with E-state index >= 15 is 0 Å². The van der Waals surface area contributed by atoms with Gasteiger partial charge in [-0.05, 0) is 62.4 Å². The number of carbonyl (C=O) groups excluding carboxylic acids is 2. The van der Waals surface area contributed by atoms with Gasteiger partial charge in [0.15, 0.2) is 6.10 Å². The van der Waals surface area contributed by atoms with E-state index in [0.29, 0.717) is 22.0 Å². The maximum atomic E-state index is 12.6. The molecule has 0 aliphatic heterocycles. The highest BCUT2D eigenvalue weighted by Gasteiger charge is 2.21. The summed E-state index contributed by atoms with van der Waals surface area (Å²) in [7, 11) is 3.87. The number of nitrogens with one attached hydrogen (secondary N) is 1. The molecule has 7 heteroatoms. The molecule has 1 aromatic heterocycles. The van der Waals surface area contributed by atoms with Crippen molar-refractivity contribution in [2.75, 3.05) is 24.3 Å². The fraction of sp³-hybridized carbons (Fsp3) is 0.227. The zero-order valence-electron chi connectivity index (χ0n) is 16.7. The van der Waals surface area contributed by atoms with Crippen LogP contribution >= 0.6 is 11.6 Å². The van der Waals surface area contributed by atoms with E-state index in [2.05, 4.69) is 10.3 Å². The molecule has 0 spiro atoms. The second-order valence-electron chi connectivity index (χ2n) is 6.94. The third kappa shape index (κ3) is 4.84. The Morgan fingerprint density at radius 1 is 1.10 bits per heavy atom. The summed E-state index contributed by atoms with van der Waals surface area (Å²) in [5.74, 6) is -1.02. The van der Waals surface area contributed by atoms with Gasteiger partial charge in [-0.3, -0.25) is 9.78 Å². The Labute approximate surface area is 174 Å². The van der Waals surface area contributed by atoms with Crippen molar-refractivity contribution in [3.05, 3.63) is 64.8 Å². The highest BCUT2D eigenvalue weighted by molar-refractivity contribution is 6.31. The van der Waals surface area contributed by atoms with E-state index in [1.165, 1.54) is 6.92 Å². The van der Waals surface area contributed by atoms with Gasteiger partial charge in [-0.15, -0.1) is 0 Å². The van der Waals surface area contributed by atoms with Crippen molar-refractivity contribution in [1.29, 1.82) is 0 Å². The fourth-order valence-electron chi connectivity index (χ4n) is 2.81. The minimum Gasteiger partial charge on any atom is -0.449 e. The summed E-state index contributed by atoms with van der Waals surface area (Å²) in [6.07, 6.45) is -0.967. The van der Waals surface area contributed by atoms with Crippen molar-refractivity contribution in [1.82, 2.24) is 4.98 Å². The Morgan fingerprint density at radius 3 is 2.45 bits per heavy atom. The first-order valence-corrected chi connectivity index (χ1v) is 9.48.